The van der Waals surface area contributed by atoms with E-state index in [1.54, 1.807) is 41.3 Å². The zero-order chi connectivity index (χ0) is 21.0. The van der Waals surface area contributed by atoms with Crippen molar-refractivity contribution in [2.75, 3.05) is 28.6 Å². The van der Waals surface area contributed by atoms with E-state index in [-0.39, 0.29) is 36.7 Å². The Labute approximate surface area is 174 Å². The van der Waals surface area contributed by atoms with Crippen molar-refractivity contribution < 1.29 is 14.4 Å². The van der Waals surface area contributed by atoms with E-state index in [1.165, 1.54) is 0 Å². The number of amides is 3. The van der Waals surface area contributed by atoms with Crippen molar-refractivity contribution in [3.05, 3.63) is 53.1 Å². The minimum absolute atomic E-state index is 0.0559. The number of nitrogens with one attached hydrogen (secondary N) is 3. The van der Waals surface area contributed by atoms with Crippen molar-refractivity contribution in [3.63, 3.8) is 0 Å². The molecule has 0 bridgehead atoms. The predicted molar refractivity (Wildman–Crippen MR) is 115 cm³/mol. The van der Waals surface area contributed by atoms with Gasteiger partial charge in [0, 0.05) is 29.7 Å². The average molecular weight is 415 g/mol. The maximum absolute atomic E-state index is 13.1. The van der Waals surface area contributed by atoms with Gasteiger partial charge in [-0.1, -0.05) is 23.7 Å². The Bertz CT molecular complexity index is 947. The summed E-state index contributed by atoms with van der Waals surface area (Å²) in [6, 6.07) is 11.7. The molecule has 2 aromatic carbocycles. The van der Waals surface area contributed by atoms with Gasteiger partial charge in [-0.15, -0.1) is 0 Å². The molecule has 3 N–H and O–H groups in total. The number of halogens is 1. The third-order valence-electron chi connectivity index (χ3n) is 4.62. The summed E-state index contributed by atoms with van der Waals surface area (Å²) in [7, 11) is 0. The van der Waals surface area contributed by atoms with Gasteiger partial charge < -0.3 is 20.9 Å². The van der Waals surface area contributed by atoms with Crippen LogP contribution in [0.15, 0.2) is 42.5 Å². The normalized spacial score (nSPS) is 15.8. The van der Waals surface area contributed by atoms with Crippen molar-refractivity contribution in [3.8, 4) is 0 Å². The molecule has 0 unspecified atom stereocenters. The monoisotopic (exact) mass is 414 g/mol. The lowest BCUT2D eigenvalue weighted by molar-refractivity contribution is -0.118. The van der Waals surface area contributed by atoms with E-state index in [0.29, 0.717) is 34.2 Å². The third kappa shape index (κ3) is 4.68. The van der Waals surface area contributed by atoms with Gasteiger partial charge in [-0.3, -0.25) is 14.4 Å². The molecule has 1 aliphatic rings. The smallest absolute Gasteiger partial charge is 0.253 e. The number of carbonyl (C=O) groups excluding carboxylic acids is 3. The molecular formula is C21H23ClN4O3. The predicted octanol–water partition coefficient (Wildman–Crippen LogP) is 3.27. The lowest BCUT2D eigenvalue weighted by Crippen LogP contribution is -2.42. The minimum atomic E-state index is -0.310. The van der Waals surface area contributed by atoms with Gasteiger partial charge in [0.1, 0.15) is 0 Å². The molecule has 0 spiro atoms. The van der Waals surface area contributed by atoms with E-state index >= 15 is 0 Å². The highest BCUT2D eigenvalue weighted by molar-refractivity contribution is 6.31. The summed E-state index contributed by atoms with van der Waals surface area (Å²) >= 11 is 6.08. The highest BCUT2D eigenvalue weighted by Crippen LogP contribution is 2.31. The number of nitrogens with zero attached hydrogens (tertiary/aromatic N) is 1. The molecule has 152 valence electrons. The van der Waals surface area contributed by atoms with E-state index in [2.05, 4.69) is 16.0 Å². The van der Waals surface area contributed by atoms with Crippen LogP contribution in [0, 0.1) is 0 Å². The number of rotatable bonds is 5. The summed E-state index contributed by atoms with van der Waals surface area (Å²) in [5.41, 5.74) is 2.13. The Kier molecular flexibility index (Phi) is 6.39. The lowest BCUT2D eigenvalue weighted by atomic mass is 10.1. The summed E-state index contributed by atoms with van der Waals surface area (Å²) in [6.07, 6.45) is 0.196. The van der Waals surface area contributed by atoms with Crippen LogP contribution in [0.3, 0.4) is 0 Å². The summed E-state index contributed by atoms with van der Waals surface area (Å²) in [4.78, 5) is 39.1. The molecule has 7 nitrogen and oxygen atoms in total. The Balaban J connectivity index is 1.83. The summed E-state index contributed by atoms with van der Waals surface area (Å²) in [5, 5.41) is 9.06. The van der Waals surface area contributed by atoms with Gasteiger partial charge in [0.05, 0.1) is 23.5 Å². The molecule has 2 aromatic rings. The number of fused-ring (bicyclic) bond motifs is 1. The molecule has 3 rings (SSSR count). The van der Waals surface area contributed by atoms with Crippen molar-refractivity contribution in [1.29, 1.82) is 0 Å². The van der Waals surface area contributed by atoms with Crippen LogP contribution in [-0.4, -0.2) is 36.9 Å². The fourth-order valence-corrected chi connectivity index (χ4v) is 3.51. The second kappa shape index (κ2) is 8.96. The number of anilines is 3. The van der Waals surface area contributed by atoms with Crippen LogP contribution < -0.4 is 20.9 Å². The highest BCUT2D eigenvalue weighted by Gasteiger charge is 2.29. The van der Waals surface area contributed by atoms with Gasteiger partial charge in [-0.2, -0.15) is 0 Å². The van der Waals surface area contributed by atoms with Crippen molar-refractivity contribution in [2.45, 2.75) is 26.3 Å². The standard InChI is InChI=1S/C21H23ClN4O3/c1-3-23-21(29)15-9-8-14(22)11-17(15)24-12-20(28)26-13(2)10-19(27)25-16-6-4-5-7-18(16)26/h4-9,11,13,24H,3,10,12H2,1-2H3,(H,23,29)(H,25,27)/t13-/m1/s1. The fourth-order valence-electron chi connectivity index (χ4n) is 3.34. The molecule has 0 fully saturated rings. The molecule has 8 heteroatoms. The van der Waals surface area contributed by atoms with Crippen molar-refractivity contribution in [2.24, 2.45) is 0 Å². The first-order valence-electron chi connectivity index (χ1n) is 9.43. The zero-order valence-electron chi connectivity index (χ0n) is 16.3. The molecule has 1 heterocycles. The maximum atomic E-state index is 13.1. The van der Waals surface area contributed by atoms with Crippen LogP contribution >= 0.6 is 11.6 Å². The molecule has 0 aromatic heterocycles. The molecule has 29 heavy (non-hydrogen) atoms. The van der Waals surface area contributed by atoms with Gasteiger partial charge in [0.2, 0.25) is 11.8 Å². The molecule has 0 saturated heterocycles. The summed E-state index contributed by atoms with van der Waals surface area (Å²) in [5.74, 6) is -0.604. The first-order valence-corrected chi connectivity index (χ1v) is 9.81. The number of carbonyl (C=O) groups is 3. The number of hydrogen-bond acceptors (Lipinski definition) is 4. The zero-order valence-corrected chi connectivity index (χ0v) is 17.0. The molecule has 0 radical (unpaired) electrons. The molecule has 3 amide bonds. The average Bonchev–Trinajstić information content (AvgIpc) is 2.80. The Morgan fingerprint density at radius 3 is 2.76 bits per heavy atom. The van der Waals surface area contributed by atoms with Gasteiger partial charge in [0.15, 0.2) is 0 Å². The van der Waals surface area contributed by atoms with E-state index in [0.717, 1.165) is 0 Å². The molecule has 1 atom stereocenters. The van der Waals surface area contributed by atoms with Gasteiger partial charge in [0.25, 0.3) is 5.91 Å². The van der Waals surface area contributed by atoms with Gasteiger partial charge in [-0.05, 0) is 44.2 Å². The van der Waals surface area contributed by atoms with Crippen LogP contribution in [0.4, 0.5) is 17.1 Å². The van der Waals surface area contributed by atoms with Crippen LogP contribution in [0.5, 0.6) is 0 Å². The summed E-state index contributed by atoms with van der Waals surface area (Å²) in [6.45, 7) is 4.10. The van der Waals surface area contributed by atoms with E-state index in [9.17, 15) is 14.4 Å². The van der Waals surface area contributed by atoms with Gasteiger partial charge >= 0.3 is 0 Å². The third-order valence-corrected chi connectivity index (χ3v) is 4.86. The minimum Gasteiger partial charge on any atom is -0.375 e. The van der Waals surface area contributed by atoms with Crippen molar-refractivity contribution >= 4 is 46.4 Å². The van der Waals surface area contributed by atoms with Crippen LogP contribution in [0.1, 0.15) is 30.6 Å². The maximum Gasteiger partial charge on any atom is 0.253 e. The topological polar surface area (TPSA) is 90.5 Å². The van der Waals surface area contributed by atoms with Crippen LogP contribution in [-0.2, 0) is 9.59 Å². The fraction of sp³-hybridized carbons (Fsp3) is 0.286. The van der Waals surface area contributed by atoms with E-state index < -0.39 is 0 Å². The quantitative estimate of drug-likeness (QED) is 0.700. The molecule has 0 aliphatic carbocycles. The van der Waals surface area contributed by atoms with E-state index in [1.807, 2.05) is 19.9 Å². The SMILES string of the molecule is CCNC(=O)c1ccc(Cl)cc1NCC(=O)N1c2ccccc2NC(=O)C[C@H]1C. The number of benzene rings is 2. The first-order chi connectivity index (χ1) is 13.9. The van der Waals surface area contributed by atoms with Crippen molar-refractivity contribution in [1.82, 2.24) is 5.32 Å². The Morgan fingerprint density at radius 1 is 1.24 bits per heavy atom. The van der Waals surface area contributed by atoms with E-state index in [4.69, 9.17) is 11.6 Å². The van der Waals surface area contributed by atoms with Crippen LogP contribution in [0.25, 0.3) is 0 Å². The second-order valence-electron chi connectivity index (χ2n) is 6.79. The van der Waals surface area contributed by atoms with Crippen LogP contribution in [0.2, 0.25) is 5.02 Å². The Hall–Kier alpha value is -3.06. The summed E-state index contributed by atoms with van der Waals surface area (Å²) < 4.78 is 0. The first kappa shape index (κ1) is 20.7. The number of hydrogen-bond donors (Lipinski definition) is 3. The molecular weight excluding hydrogens is 392 g/mol. The Morgan fingerprint density at radius 2 is 2.00 bits per heavy atom. The lowest BCUT2D eigenvalue weighted by Gasteiger charge is -2.28. The highest BCUT2D eigenvalue weighted by atomic mass is 35.5. The second-order valence-corrected chi connectivity index (χ2v) is 7.22. The number of para-hydroxylation sites is 2. The molecule has 1 aliphatic heterocycles. The van der Waals surface area contributed by atoms with Gasteiger partial charge in [-0.25, -0.2) is 0 Å². The molecule has 0 saturated carbocycles. The largest absolute Gasteiger partial charge is 0.375 e.